The summed E-state index contributed by atoms with van der Waals surface area (Å²) in [6.45, 7) is 0.138. The van der Waals surface area contributed by atoms with Gasteiger partial charge in [-0.3, -0.25) is 15.6 Å². The summed E-state index contributed by atoms with van der Waals surface area (Å²) in [6, 6.07) is 8.30. The van der Waals surface area contributed by atoms with Crippen LogP contribution in [0.25, 0.3) is 10.2 Å². The molecule has 24 heavy (non-hydrogen) atoms. The van der Waals surface area contributed by atoms with Gasteiger partial charge in [-0.15, -0.1) is 0 Å². The fourth-order valence-corrected chi connectivity index (χ4v) is 3.82. The molecule has 1 aliphatic rings. The summed E-state index contributed by atoms with van der Waals surface area (Å²) in [4.78, 5) is 16.3. The van der Waals surface area contributed by atoms with Crippen molar-refractivity contribution in [3.05, 3.63) is 24.3 Å². The number of aromatic nitrogens is 1. The van der Waals surface area contributed by atoms with Gasteiger partial charge >= 0.3 is 0 Å². The predicted molar refractivity (Wildman–Crippen MR) is 102 cm³/mol. The van der Waals surface area contributed by atoms with E-state index in [2.05, 4.69) is 26.5 Å². The van der Waals surface area contributed by atoms with E-state index < -0.39 is 0 Å². The molecule has 4 N–H and O–H groups in total. The van der Waals surface area contributed by atoms with E-state index in [9.17, 15) is 4.79 Å². The zero-order valence-electron chi connectivity index (χ0n) is 13.3. The van der Waals surface area contributed by atoms with Crippen molar-refractivity contribution < 1.29 is 4.79 Å². The maximum Gasteiger partial charge on any atom is 0.257 e. The van der Waals surface area contributed by atoms with Crippen molar-refractivity contribution in [3.63, 3.8) is 0 Å². The first kappa shape index (κ1) is 16.9. The lowest BCUT2D eigenvalue weighted by Gasteiger charge is -2.24. The number of nitrogens with one attached hydrogen (secondary N) is 4. The van der Waals surface area contributed by atoms with Gasteiger partial charge < -0.3 is 10.6 Å². The highest BCUT2D eigenvalue weighted by Crippen LogP contribution is 2.24. The molecule has 8 heteroatoms. The smallest absolute Gasteiger partial charge is 0.257 e. The number of carbonyl (C=O) groups excluding carboxylic acids is 1. The number of thiocarbonyl (C=S) groups is 1. The first-order valence-electron chi connectivity index (χ1n) is 8.15. The summed E-state index contributed by atoms with van der Waals surface area (Å²) in [6.07, 6.45) is 6.04. The molecular weight excluding hydrogens is 342 g/mol. The molecule has 0 spiro atoms. The maximum absolute atomic E-state index is 11.9. The number of fused-ring (bicyclic) bond motifs is 1. The van der Waals surface area contributed by atoms with E-state index in [1.54, 1.807) is 0 Å². The van der Waals surface area contributed by atoms with Gasteiger partial charge in [0.1, 0.15) is 0 Å². The lowest BCUT2D eigenvalue weighted by Crippen LogP contribution is -2.51. The predicted octanol–water partition coefficient (Wildman–Crippen LogP) is 2.54. The van der Waals surface area contributed by atoms with Gasteiger partial charge in [0.25, 0.3) is 5.91 Å². The van der Waals surface area contributed by atoms with E-state index in [4.69, 9.17) is 12.2 Å². The summed E-state index contributed by atoms with van der Waals surface area (Å²) in [5.74, 6) is -0.193. The van der Waals surface area contributed by atoms with E-state index in [-0.39, 0.29) is 12.5 Å². The molecule has 6 nitrogen and oxygen atoms in total. The Kier molecular flexibility index (Phi) is 5.81. The Bertz CT molecular complexity index is 678. The quantitative estimate of drug-likeness (QED) is 0.494. The Morgan fingerprint density at radius 3 is 2.79 bits per heavy atom. The summed E-state index contributed by atoms with van der Waals surface area (Å²) in [5.41, 5.74) is 6.29. The van der Waals surface area contributed by atoms with E-state index in [1.165, 1.54) is 30.6 Å². The van der Waals surface area contributed by atoms with Crippen LogP contribution in [0.5, 0.6) is 0 Å². The molecule has 1 aromatic heterocycles. The maximum atomic E-state index is 11.9. The first-order chi connectivity index (χ1) is 11.7. The van der Waals surface area contributed by atoms with Crippen molar-refractivity contribution in [2.75, 3.05) is 11.9 Å². The third kappa shape index (κ3) is 4.78. The van der Waals surface area contributed by atoms with Crippen molar-refractivity contribution in [1.29, 1.82) is 0 Å². The third-order valence-corrected chi connectivity index (χ3v) is 5.16. The van der Waals surface area contributed by atoms with Gasteiger partial charge in [0.15, 0.2) is 10.2 Å². The summed E-state index contributed by atoms with van der Waals surface area (Å²) >= 11 is 6.73. The zero-order valence-corrected chi connectivity index (χ0v) is 14.9. The second-order valence-electron chi connectivity index (χ2n) is 5.82. The molecule has 0 radical (unpaired) electrons. The van der Waals surface area contributed by atoms with Gasteiger partial charge in [-0.1, -0.05) is 42.7 Å². The van der Waals surface area contributed by atoms with Crippen LogP contribution in [0.15, 0.2) is 24.3 Å². The lowest BCUT2D eigenvalue weighted by molar-refractivity contribution is -0.119. The highest BCUT2D eigenvalue weighted by Gasteiger charge is 2.14. The minimum atomic E-state index is -0.193. The summed E-state index contributed by atoms with van der Waals surface area (Å²) < 4.78 is 1.09. The van der Waals surface area contributed by atoms with Crippen LogP contribution in [-0.4, -0.2) is 28.6 Å². The second-order valence-corrected chi connectivity index (χ2v) is 7.26. The average molecular weight is 364 g/mol. The van der Waals surface area contributed by atoms with Gasteiger partial charge in [-0.25, -0.2) is 4.98 Å². The van der Waals surface area contributed by atoms with E-state index in [0.717, 1.165) is 28.2 Å². The highest BCUT2D eigenvalue weighted by atomic mass is 32.1. The molecule has 1 aliphatic carbocycles. The third-order valence-electron chi connectivity index (χ3n) is 3.95. The topological polar surface area (TPSA) is 78.1 Å². The Morgan fingerprint density at radius 1 is 1.21 bits per heavy atom. The Morgan fingerprint density at radius 2 is 2.00 bits per heavy atom. The number of rotatable bonds is 4. The van der Waals surface area contributed by atoms with Crippen LogP contribution in [0.4, 0.5) is 5.13 Å². The zero-order chi connectivity index (χ0) is 16.8. The Balaban J connectivity index is 1.38. The number of amides is 1. The molecule has 1 aromatic carbocycles. The number of benzene rings is 1. The molecule has 1 saturated carbocycles. The average Bonchev–Trinajstić information content (AvgIpc) is 3.02. The van der Waals surface area contributed by atoms with Crippen LogP contribution in [0.3, 0.4) is 0 Å². The van der Waals surface area contributed by atoms with Crippen LogP contribution in [-0.2, 0) is 4.79 Å². The normalized spacial score (nSPS) is 15.0. The van der Waals surface area contributed by atoms with Gasteiger partial charge in [-0.05, 0) is 37.2 Å². The summed E-state index contributed by atoms with van der Waals surface area (Å²) in [5, 5.41) is 7.47. The van der Waals surface area contributed by atoms with Crippen molar-refractivity contribution in [3.8, 4) is 0 Å². The number of hydrogen-bond donors (Lipinski definition) is 4. The van der Waals surface area contributed by atoms with Gasteiger partial charge in [0.2, 0.25) is 0 Å². The van der Waals surface area contributed by atoms with Crippen LogP contribution in [0.2, 0.25) is 0 Å². The molecule has 0 saturated heterocycles. The van der Waals surface area contributed by atoms with E-state index in [0.29, 0.717) is 11.2 Å². The van der Waals surface area contributed by atoms with Crippen LogP contribution in [0.1, 0.15) is 32.1 Å². The molecule has 0 unspecified atom stereocenters. The minimum absolute atomic E-state index is 0.138. The number of hydrazine groups is 1. The van der Waals surface area contributed by atoms with Gasteiger partial charge in [-0.2, -0.15) is 0 Å². The van der Waals surface area contributed by atoms with Crippen molar-refractivity contribution in [1.82, 2.24) is 21.2 Å². The second kappa shape index (κ2) is 8.25. The minimum Gasteiger partial charge on any atom is -0.359 e. The lowest BCUT2D eigenvalue weighted by atomic mass is 9.96. The molecule has 128 valence electrons. The van der Waals surface area contributed by atoms with Crippen molar-refractivity contribution >= 4 is 49.9 Å². The molecule has 0 atom stereocenters. The number of anilines is 1. The number of para-hydroxylation sites is 1. The van der Waals surface area contributed by atoms with E-state index in [1.807, 2.05) is 24.3 Å². The Hall–Kier alpha value is -1.93. The molecule has 0 aliphatic heterocycles. The standard InChI is InChI=1S/C16H21N5OS2/c22-14(20-21-15(23)18-11-6-2-1-3-7-11)10-17-16-19-12-8-4-5-9-13(12)24-16/h4-5,8-9,11H,1-3,6-7,10H2,(H,17,19)(H,20,22)(H2,18,21,23). The molecule has 3 rings (SSSR count). The Labute approximate surface area is 150 Å². The number of hydrogen-bond acceptors (Lipinski definition) is 5. The molecule has 1 amide bonds. The monoisotopic (exact) mass is 363 g/mol. The molecule has 0 bridgehead atoms. The number of thiazole rings is 1. The molecular formula is C16H21N5OS2. The van der Waals surface area contributed by atoms with Crippen LogP contribution < -0.4 is 21.5 Å². The molecule has 2 aromatic rings. The molecule has 1 fully saturated rings. The van der Waals surface area contributed by atoms with Crippen molar-refractivity contribution in [2.24, 2.45) is 0 Å². The fraction of sp³-hybridized carbons (Fsp3) is 0.438. The van der Waals surface area contributed by atoms with Gasteiger partial charge in [0, 0.05) is 6.04 Å². The van der Waals surface area contributed by atoms with Crippen LogP contribution in [0, 0.1) is 0 Å². The largest absolute Gasteiger partial charge is 0.359 e. The van der Waals surface area contributed by atoms with Crippen molar-refractivity contribution in [2.45, 2.75) is 38.1 Å². The van der Waals surface area contributed by atoms with Crippen LogP contribution >= 0.6 is 23.6 Å². The number of nitrogens with zero attached hydrogens (tertiary/aromatic N) is 1. The first-order valence-corrected chi connectivity index (χ1v) is 9.38. The number of carbonyl (C=O) groups is 1. The SMILES string of the molecule is O=C(CNc1nc2ccccc2s1)NNC(=S)NC1CCCCC1. The highest BCUT2D eigenvalue weighted by molar-refractivity contribution is 7.80. The fourth-order valence-electron chi connectivity index (χ4n) is 2.74. The molecule has 1 heterocycles. The van der Waals surface area contributed by atoms with E-state index >= 15 is 0 Å². The van der Waals surface area contributed by atoms with Gasteiger partial charge in [0.05, 0.1) is 16.8 Å². The summed E-state index contributed by atoms with van der Waals surface area (Å²) in [7, 11) is 0.